The van der Waals surface area contributed by atoms with Crippen molar-refractivity contribution in [3.8, 4) is 0 Å². The molecule has 0 saturated carbocycles. The SMILES string of the molecule is CC(Sc1nnc(N)s1)C(=O)c1cc(F)ccc1F. The zero-order chi connectivity index (χ0) is 14.0. The van der Waals surface area contributed by atoms with Crippen LogP contribution in [0.5, 0.6) is 0 Å². The van der Waals surface area contributed by atoms with Crippen LogP contribution in [0.15, 0.2) is 22.5 Å². The van der Waals surface area contributed by atoms with Crippen molar-refractivity contribution in [1.82, 2.24) is 10.2 Å². The Morgan fingerprint density at radius 3 is 2.79 bits per heavy atom. The van der Waals surface area contributed by atoms with E-state index < -0.39 is 22.7 Å². The van der Waals surface area contributed by atoms with Crippen LogP contribution in [0.3, 0.4) is 0 Å². The summed E-state index contributed by atoms with van der Waals surface area (Å²) in [4.78, 5) is 12.0. The quantitative estimate of drug-likeness (QED) is 0.694. The van der Waals surface area contributed by atoms with E-state index in [1.54, 1.807) is 6.92 Å². The van der Waals surface area contributed by atoms with Gasteiger partial charge < -0.3 is 5.73 Å². The average molecular weight is 301 g/mol. The van der Waals surface area contributed by atoms with Crippen molar-refractivity contribution in [1.29, 1.82) is 0 Å². The van der Waals surface area contributed by atoms with E-state index in [9.17, 15) is 13.6 Å². The summed E-state index contributed by atoms with van der Waals surface area (Å²) in [6.45, 7) is 1.59. The predicted octanol–water partition coefficient (Wildman–Crippen LogP) is 2.76. The van der Waals surface area contributed by atoms with E-state index in [1.165, 1.54) is 0 Å². The molecule has 0 fully saturated rings. The molecule has 0 radical (unpaired) electrons. The summed E-state index contributed by atoms with van der Waals surface area (Å²) in [5.41, 5.74) is 5.16. The van der Waals surface area contributed by atoms with E-state index in [-0.39, 0.29) is 5.56 Å². The molecule has 0 aliphatic heterocycles. The van der Waals surface area contributed by atoms with Crippen LogP contribution in [0.25, 0.3) is 0 Å². The number of nitrogens with two attached hydrogens (primary N) is 1. The molecule has 4 nitrogen and oxygen atoms in total. The van der Waals surface area contributed by atoms with Gasteiger partial charge in [-0.1, -0.05) is 23.1 Å². The molecule has 1 heterocycles. The Kier molecular flexibility index (Phi) is 4.11. The molecule has 19 heavy (non-hydrogen) atoms. The molecule has 0 amide bonds. The standard InChI is InChI=1S/C11H9F2N3OS2/c1-5(18-11-16-15-10(14)19-11)9(17)7-4-6(12)2-3-8(7)13/h2-5H,1H3,(H2,14,15). The van der Waals surface area contributed by atoms with Gasteiger partial charge in [-0.15, -0.1) is 10.2 Å². The number of nitrogen functional groups attached to an aromatic ring is 1. The summed E-state index contributed by atoms with van der Waals surface area (Å²) in [6.07, 6.45) is 0. The zero-order valence-corrected chi connectivity index (χ0v) is 11.4. The van der Waals surface area contributed by atoms with Gasteiger partial charge in [0.1, 0.15) is 11.6 Å². The smallest absolute Gasteiger partial charge is 0.203 e. The van der Waals surface area contributed by atoms with Gasteiger partial charge in [0.15, 0.2) is 10.1 Å². The van der Waals surface area contributed by atoms with Crippen LogP contribution in [0.4, 0.5) is 13.9 Å². The normalized spacial score (nSPS) is 12.4. The van der Waals surface area contributed by atoms with Crippen LogP contribution < -0.4 is 5.73 Å². The molecule has 1 aromatic heterocycles. The Morgan fingerprint density at radius 1 is 1.42 bits per heavy atom. The highest BCUT2D eigenvalue weighted by atomic mass is 32.2. The molecule has 1 unspecified atom stereocenters. The first-order valence-corrected chi connectivity index (χ1v) is 6.92. The molecule has 0 aliphatic rings. The summed E-state index contributed by atoms with van der Waals surface area (Å²) >= 11 is 2.24. The second-order valence-corrected chi connectivity index (χ2v) is 6.25. The lowest BCUT2D eigenvalue weighted by atomic mass is 10.1. The lowest BCUT2D eigenvalue weighted by Gasteiger charge is -2.08. The fourth-order valence-electron chi connectivity index (χ4n) is 1.38. The summed E-state index contributed by atoms with van der Waals surface area (Å²) in [5, 5.41) is 7.05. The summed E-state index contributed by atoms with van der Waals surface area (Å²) in [5.74, 6) is -1.89. The number of Topliss-reactive ketones (excluding diaryl/α,β-unsaturated/α-hetero) is 1. The number of rotatable bonds is 4. The topological polar surface area (TPSA) is 68.9 Å². The maximum absolute atomic E-state index is 13.5. The van der Waals surface area contributed by atoms with E-state index in [0.29, 0.717) is 9.47 Å². The van der Waals surface area contributed by atoms with Gasteiger partial charge in [0, 0.05) is 0 Å². The largest absolute Gasteiger partial charge is 0.374 e. The summed E-state index contributed by atoms with van der Waals surface area (Å²) in [6, 6.07) is 2.79. The number of aromatic nitrogens is 2. The van der Waals surface area contributed by atoms with Crippen molar-refractivity contribution in [2.24, 2.45) is 0 Å². The van der Waals surface area contributed by atoms with Crippen molar-refractivity contribution in [2.45, 2.75) is 16.5 Å². The van der Waals surface area contributed by atoms with E-state index >= 15 is 0 Å². The maximum Gasteiger partial charge on any atom is 0.203 e. The summed E-state index contributed by atoms with van der Waals surface area (Å²) < 4.78 is 27.0. The van der Waals surface area contributed by atoms with Crippen molar-refractivity contribution >= 4 is 34.0 Å². The number of carbonyl (C=O) groups is 1. The monoisotopic (exact) mass is 301 g/mol. The fourth-order valence-corrected chi connectivity index (χ4v) is 3.23. The van der Waals surface area contributed by atoms with Gasteiger partial charge in [-0.2, -0.15) is 0 Å². The second kappa shape index (κ2) is 5.62. The van der Waals surface area contributed by atoms with Gasteiger partial charge in [-0.05, 0) is 25.1 Å². The third kappa shape index (κ3) is 3.27. The molecule has 0 bridgehead atoms. The van der Waals surface area contributed by atoms with E-state index in [1.807, 2.05) is 0 Å². The lowest BCUT2D eigenvalue weighted by molar-refractivity contribution is 0.0989. The van der Waals surface area contributed by atoms with Gasteiger partial charge in [-0.3, -0.25) is 4.79 Å². The third-order valence-electron chi connectivity index (χ3n) is 2.26. The molecule has 0 saturated heterocycles. The molecule has 1 aromatic carbocycles. The number of anilines is 1. The Balaban J connectivity index is 2.16. The van der Waals surface area contributed by atoms with Crippen molar-refractivity contribution in [3.63, 3.8) is 0 Å². The van der Waals surface area contributed by atoms with Crippen LogP contribution in [0.1, 0.15) is 17.3 Å². The Bertz CT molecular complexity index is 618. The fraction of sp³-hybridized carbons (Fsp3) is 0.182. The molecule has 2 rings (SSSR count). The number of nitrogens with zero attached hydrogens (tertiary/aromatic N) is 2. The van der Waals surface area contributed by atoms with E-state index in [4.69, 9.17) is 5.73 Å². The molecule has 0 aliphatic carbocycles. The third-order valence-corrected chi connectivity index (χ3v) is 4.20. The Hall–Kier alpha value is -1.54. The van der Waals surface area contributed by atoms with Gasteiger partial charge in [-0.25, -0.2) is 8.78 Å². The van der Waals surface area contributed by atoms with Gasteiger partial charge >= 0.3 is 0 Å². The second-order valence-electron chi connectivity index (χ2n) is 3.65. The van der Waals surface area contributed by atoms with E-state index in [0.717, 1.165) is 41.3 Å². The number of hydrogen-bond acceptors (Lipinski definition) is 6. The molecular formula is C11H9F2N3OS2. The number of carbonyl (C=O) groups excluding carboxylic acids is 1. The number of halogens is 2. The summed E-state index contributed by atoms with van der Waals surface area (Å²) in [7, 11) is 0. The van der Waals surface area contributed by atoms with Gasteiger partial charge in [0.05, 0.1) is 10.8 Å². The molecule has 8 heteroatoms. The minimum Gasteiger partial charge on any atom is -0.374 e. The lowest BCUT2D eigenvalue weighted by Crippen LogP contribution is -2.15. The minimum atomic E-state index is -0.740. The van der Waals surface area contributed by atoms with Crippen LogP contribution in [0, 0.1) is 11.6 Å². The average Bonchev–Trinajstić information content (AvgIpc) is 2.77. The number of hydrogen-bond donors (Lipinski definition) is 1. The highest BCUT2D eigenvalue weighted by Crippen LogP contribution is 2.29. The predicted molar refractivity (Wildman–Crippen MR) is 70.3 cm³/mol. The zero-order valence-electron chi connectivity index (χ0n) is 9.76. The van der Waals surface area contributed by atoms with Crippen molar-refractivity contribution < 1.29 is 13.6 Å². The Labute approximate surface area is 116 Å². The number of ketones is 1. The first-order valence-electron chi connectivity index (χ1n) is 5.22. The van der Waals surface area contributed by atoms with Gasteiger partial charge in [0.2, 0.25) is 5.13 Å². The van der Waals surface area contributed by atoms with Crippen LogP contribution in [-0.2, 0) is 0 Å². The highest BCUT2D eigenvalue weighted by Gasteiger charge is 2.21. The minimum absolute atomic E-state index is 0.266. The van der Waals surface area contributed by atoms with Crippen LogP contribution >= 0.6 is 23.1 Å². The van der Waals surface area contributed by atoms with Crippen LogP contribution in [0.2, 0.25) is 0 Å². The van der Waals surface area contributed by atoms with Crippen LogP contribution in [-0.4, -0.2) is 21.2 Å². The molecule has 2 aromatic rings. The van der Waals surface area contributed by atoms with Gasteiger partial charge in [0.25, 0.3) is 0 Å². The Morgan fingerprint density at radius 2 is 2.16 bits per heavy atom. The molecule has 100 valence electrons. The van der Waals surface area contributed by atoms with Crippen molar-refractivity contribution in [2.75, 3.05) is 5.73 Å². The first-order chi connectivity index (χ1) is 8.97. The highest BCUT2D eigenvalue weighted by molar-refractivity contribution is 8.02. The molecular weight excluding hydrogens is 292 g/mol. The molecule has 1 atom stereocenters. The number of thioether (sulfide) groups is 1. The molecule has 2 N–H and O–H groups in total. The van der Waals surface area contributed by atoms with E-state index in [2.05, 4.69) is 10.2 Å². The number of benzene rings is 1. The van der Waals surface area contributed by atoms with Crippen molar-refractivity contribution in [3.05, 3.63) is 35.4 Å². The first kappa shape index (κ1) is 13.9. The molecule has 0 spiro atoms. The maximum atomic E-state index is 13.5.